The number of rotatable bonds is 7. The van der Waals surface area contributed by atoms with Crippen molar-refractivity contribution in [2.24, 2.45) is 0 Å². The second kappa shape index (κ2) is 10.4. The zero-order valence-corrected chi connectivity index (χ0v) is 22.4. The number of carbonyl (C=O) groups excluding carboxylic acids is 1. The largest absolute Gasteiger partial charge is 0.481 e. The Kier molecular flexibility index (Phi) is 6.68. The molecule has 1 aromatic carbocycles. The number of thiophene rings is 1. The number of allylic oxidation sites excluding steroid dienone is 1. The lowest BCUT2D eigenvalue weighted by Gasteiger charge is -2.23. The number of fused-ring (bicyclic) bond motifs is 3. The second-order valence-electron chi connectivity index (χ2n) is 9.63. The van der Waals surface area contributed by atoms with Crippen molar-refractivity contribution in [1.29, 1.82) is 0 Å². The lowest BCUT2D eigenvalue weighted by molar-refractivity contribution is 0.0983. The molecule has 4 heterocycles. The summed E-state index contributed by atoms with van der Waals surface area (Å²) in [5, 5.41) is 3.72. The Labute approximate surface area is 227 Å². The van der Waals surface area contributed by atoms with E-state index in [0.29, 0.717) is 29.9 Å². The smallest absolute Gasteiger partial charge is 0.276 e. The number of para-hydroxylation sites is 1. The topological polar surface area (TPSA) is 67.4 Å². The van der Waals surface area contributed by atoms with Crippen LogP contribution in [0.3, 0.4) is 0 Å². The number of nitrogens with one attached hydrogen (secondary N) is 1. The van der Waals surface area contributed by atoms with Gasteiger partial charge in [0.15, 0.2) is 0 Å². The summed E-state index contributed by atoms with van der Waals surface area (Å²) < 4.78 is 5.17. The van der Waals surface area contributed by atoms with Crippen molar-refractivity contribution in [2.75, 3.05) is 18.6 Å². The monoisotopic (exact) mass is 522 g/mol. The number of carbonyl (C=O) groups is 1. The highest BCUT2D eigenvalue weighted by molar-refractivity contribution is 7.16. The fourth-order valence-electron chi connectivity index (χ4n) is 4.83. The zero-order valence-electron chi connectivity index (χ0n) is 21.6. The summed E-state index contributed by atoms with van der Waals surface area (Å²) in [6.07, 6.45) is 8.28. The van der Waals surface area contributed by atoms with Crippen molar-refractivity contribution in [3.63, 3.8) is 0 Å². The molecule has 1 aliphatic heterocycles. The van der Waals surface area contributed by atoms with E-state index >= 15 is 0 Å². The number of amides is 1. The Morgan fingerprint density at radius 1 is 1.16 bits per heavy atom. The first-order valence-corrected chi connectivity index (χ1v) is 13.9. The van der Waals surface area contributed by atoms with Crippen LogP contribution in [0.15, 0.2) is 72.9 Å². The van der Waals surface area contributed by atoms with E-state index in [1.807, 2.05) is 46.6 Å². The standard InChI is InChI=1S/C31H30N4O2S/c1-3-7-25(33-22-13-14-22)28-18-20-16-17-35(27-11-5-4-8-23(27)30(20)38-28)31(36)26-10-6-9-24(34-26)21-12-15-29(37-2)32-19-21/h4-12,15,18-19,22,33H,3,13-14,16-17H2,1-2H3/b25-7+. The van der Waals surface area contributed by atoms with E-state index < -0.39 is 0 Å². The SMILES string of the molecule is CC/C=C(/NC1CC1)c1cc2c(s1)-c1ccccc1N(C(=O)c1cccc(-c3ccc(OC)nc3)n1)CC2. The first-order chi connectivity index (χ1) is 18.6. The van der Waals surface area contributed by atoms with Crippen LogP contribution < -0.4 is 15.0 Å². The summed E-state index contributed by atoms with van der Waals surface area (Å²) in [5.74, 6) is 0.441. The summed E-state index contributed by atoms with van der Waals surface area (Å²) in [4.78, 5) is 27.3. The van der Waals surface area contributed by atoms with Crippen LogP contribution in [-0.4, -0.2) is 35.6 Å². The van der Waals surface area contributed by atoms with E-state index in [1.54, 1.807) is 25.4 Å². The Bertz CT molecular complexity index is 1500. The number of nitrogens with zero attached hydrogens (tertiary/aromatic N) is 3. The Morgan fingerprint density at radius 2 is 2.03 bits per heavy atom. The van der Waals surface area contributed by atoms with E-state index in [1.165, 1.54) is 33.9 Å². The Balaban J connectivity index is 1.32. The fraction of sp³-hybridized carbons (Fsp3) is 0.258. The number of methoxy groups -OCH3 is 1. The third-order valence-corrected chi connectivity index (χ3v) is 8.16. The van der Waals surface area contributed by atoms with Crippen LogP contribution in [0.4, 0.5) is 5.69 Å². The number of pyridine rings is 2. The van der Waals surface area contributed by atoms with Crippen molar-refractivity contribution >= 4 is 28.6 Å². The molecule has 2 aliphatic rings. The van der Waals surface area contributed by atoms with Gasteiger partial charge in [0.1, 0.15) is 5.69 Å². The second-order valence-corrected chi connectivity index (χ2v) is 10.7. The number of benzene rings is 1. The third-order valence-electron chi connectivity index (χ3n) is 6.92. The molecule has 0 bridgehead atoms. The van der Waals surface area contributed by atoms with Crippen LogP contribution in [0, 0.1) is 0 Å². The molecule has 4 aromatic rings. The highest BCUT2D eigenvalue weighted by Gasteiger charge is 2.29. The van der Waals surface area contributed by atoms with Gasteiger partial charge in [0, 0.05) is 46.6 Å². The van der Waals surface area contributed by atoms with Gasteiger partial charge < -0.3 is 15.0 Å². The van der Waals surface area contributed by atoms with Crippen molar-refractivity contribution in [1.82, 2.24) is 15.3 Å². The minimum Gasteiger partial charge on any atom is -0.481 e. The molecular formula is C31H30N4O2S. The van der Waals surface area contributed by atoms with Gasteiger partial charge in [-0.25, -0.2) is 9.97 Å². The molecule has 0 atom stereocenters. The molecule has 0 radical (unpaired) electrons. The molecule has 1 aliphatic carbocycles. The maximum atomic E-state index is 13.9. The first-order valence-electron chi connectivity index (χ1n) is 13.1. The molecule has 6 nitrogen and oxygen atoms in total. The van der Waals surface area contributed by atoms with Gasteiger partial charge in [-0.05, 0) is 61.6 Å². The molecule has 1 saturated carbocycles. The van der Waals surface area contributed by atoms with Crippen LogP contribution >= 0.6 is 11.3 Å². The maximum absolute atomic E-state index is 13.9. The summed E-state index contributed by atoms with van der Waals surface area (Å²) in [6.45, 7) is 2.78. The van der Waals surface area contributed by atoms with Gasteiger partial charge in [-0.15, -0.1) is 11.3 Å². The molecule has 38 heavy (non-hydrogen) atoms. The summed E-state index contributed by atoms with van der Waals surface area (Å²) in [7, 11) is 1.59. The molecule has 3 aromatic heterocycles. The van der Waals surface area contributed by atoms with Crippen LogP contribution in [0.5, 0.6) is 5.88 Å². The Morgan fingerprint density at radius 3 is 2.79 bits per heavy atom. The van der Waals surface area contributed by atoms with E-state index in [4.69, 9.17) is 9.72 Å². The van der Waals surface area contributed by atoms with Crippen LogP contribution in [-0.2, 0) is 6.42 Å². The molecule has 0 unspecified atom stereocenters. The average molecular weight is 523 g/mol. The van der Waals surface area contributed by atoms with E-state index in [0.717, 1.165) is 29.7 Å². The molecule has 6 rings (SSSR count). The predicted octanol–water partition coefficient (Wildman–Crippen LogP) is 6.59. The molecule has 1 N–H and O–H groups in total. The quantitative estimate of drug-likeness (QED) is 0.297. The van der Waals surface area contributed by atoms with Gasteiger partial charge in [0.05, 0.1) is 23.4 Å². The zero-order chi connectivity index (χ0) is 26.1. The van der Waals surface area contributed by atoms with Crippen LogP contribution in [0.25, 0.3) is 27.4 Å². The molecule has 1 amide bonds. The van der Waals surface area contributed by atoms with Gasteiger partial charge in [-0.2, -0.15) is 0 Å². The minimum absolute atomic E-state index is 0.0990. The first kappa shape index (κ1) is 24.4. The van der Waals surface area contributed by atoms with E-state index in [2.05, 4.69) is 41.5 Å². The lowest BCUT2D eigenvalue weighted by atomic mass is 10.1. The third kappa shape index (κ3) is 4.82. The van der Waals surface area contributed by atoms with E-state index in [-0.39, 0.29) is 5.91 Å². The van der Waals surface area contributed by atoms with Crippen molar-refractivity contribution in [2.45, 2.75) is 38.6 Å². The van der Waals surface area contributed by atoms with E-state index in [9.17, 15) is 4.79 Å². The molecule has 192 valence electrons. The van der Waals surface area contributed by atoms with Crippen molar-refractivity contribution in [3.05, 3.63) is 89.1 Å². The van der Waals surface area contributed by atoms with Gasteiger partial charge in [0.25, 0.3) is 5.91 Å². The predicted molar refractivity (Wildman–Crippen MR) is 154 cm³/mol. The molecule has 0 spiro atoms. The number of ether oxygens (including phenoxy) is 1. The van der Waals surface area contributed by atoms with Gasteiger partial charge in [-0.3, -0.25) is 4.79 Å². The van der Waals surface area contributed by atoms with Crippen molar-refractivity contribution < 1.29 is 9.53 Å². The molecule has 7 heteroatoms. The molecular weight excluding hydrogens is 492 g/mol. The summed E-state index contributed by atoms with van der Waals surface area (Å²) >= 11 is 1.82. The maximum Gasteiger partial charge on any atom is 0.276 e. The summed E-state index contributed by atoms with van der Waals surface area (Å²) in [6, 6.07) is 20.4. The average Bonchev–Trinajstić information content (AvgIpc) is 3.71. The fourth-order valence-corrected chi connectivity index (χ4v) is 6.08. The van der Waals surface area contributed by atoms with Gasteiger partial charge in [0.2, 0.25) is 5.88 Å². The summed E-state index contributed by atoms with van der Waals surface area (Å²) in [5.41, 5.74) is 6.52. The molecule has 1 fully saturated rings. The normalized spacial score (nSPS) is 14.9. The van der Waals surface area contributed by atoms with Gasteiger partial charge >= 0.3 is 0 Å². The highest BCUT2D eigenvalue weighted by Crippen LogP contribution is 2.43. The van der Waals surface area contributed by atoms with Crippen LogP contribution in [0.2, 0.25) is 0 Å². The Hall–Kier alpha value is -3.97. The number of anilines is 1. The highest BCUT2D eigenvalue weighted by atomic mass is 32.1. The van der Waals surface area contributed by atoms with Gasteiger partial charge in [-0.1, -0.05) is 37.3 Å². The minimum atomic E-state index is -0.0990. The number of aromatic nitrogens is 2. The number of hydrogen-bond donors (Lipinski definition) is 1. The number of hydrogen-bond acceptors (Lipinski definition) is 6. The van der Waals surface area contributed by atoms with Crippen molar-refractivity contribution in [3.8, 4) is 27.6 Å². The lowest BCUT2D eigenvalue weighted by Crippen LogP contribution is -2.33. The molecule has 0 saturated heterocycles. The van der Waals surface area contributed by atoms with Crippen LogP contribution in [0.1, 0.15) is 47.1 Å².